The van der Waals surface area contributed by atoms with Gasteiger partial charge in [0, 0.05) is 4.47 Å². The van der Waals surface area contributed by atoms with E-state index >= 15 is 0 Å². The van der Waals surface area contributed by atoms with Gasteiger partial charge in [0.15, 0.2) is 17.3 Å². The monoisotopic (exact) mass is 334 g/mol. The number of halogens is 2. The predicted octanol–water partition coefficient (Wildman–Crippen LogP) is 3.23. The first kappa shape index (κ1) is 12.3. The summed E-state index contributed by atoms with van der Waals surface area (Å²) in [5, 5.41) is 18.7. The average molecular weight is 336 g/mol. The summed E-state index contributed by atoms with van der Waals surface area (Å²) in [4.78, 5) is 10.7. The minimum Gasteiger partial charge on any atom is -0.504 e. The first-order chi connectivity index (χ1) is 6.93. The number of phenolic OH excluding ortho intramolecular Hbond substituents is 2. The Kier molecular flexibility index (Phi) is 3.93. The SMILES string of the molecule is CC(=O)/C=C/c1cc(O)c(O)c(Br)c1Br. The molecule has 0 aromatic heterocycles. The molecule has 0 fully saturated rings. The smallest absolute Gasteiger partial charge is 0.173 e. The maximum Gasteiger partial charge on any atom is 0.173 e. The van der Waals surface area contributed by atoms with Gasteiger partial charge >= 0.3 is 0 Å². The van der Waals surface area contributed by atoms with Gasteiger partial charge < -0.3 is 10.2 Å². The highest BCUT2D eigenvalue weighted by Crippen LogP contribution is 2.41. The molecule has 1 rings (SSSR count). The van der Waals surface area contributed by atoms with E-state index in [0.29, 0.717) is 14.5 Å². The Morgan fingerprint density at radius 2 is 1.93 bits per heavy atom. The summed E-state index contributed by atoms with van der Waals surface area (Å²) in [7, 11) is 0. The van der Waals surface area contributed by atoms with Crippen molar-refractivity contribution in [2.75, 3.05) is 0 Å². The fraction of sp³-hybridized carbons (Fsp3) is 0.100. The zero-order valence-corrected chi connectivity index (χ0v) is 11.0. The molecule has 0 saturated heterocycles. The third-order valence-electron chi connectivity index (χ3n) is 1.69. The molecule has 0 unspecified atom stereocenters. The van der Waals surface area contributed by atoms with Gasteiger partial charge in [0.05, 0.1) is 4.47 Å². The van der Waals surface area contributed by atoms with Crippen molar-refractivity contribution in [3.8, 4) is 11.5 Å². The minimum atomic E-state index is -0.242. The second-order valence-corrected chi connectivity index (χ2v) is 4.49. The van der Waals surface area contributed by atoms with E-state index in [1.54, 1.807) is 6.08 Å². The van der Waals surface area contributed by atoms with Crippen LogP contribution in [0.3, 0.4) is 0 Å². The number of carbonyl (C=O) groups excluding carboxylic acids is 1. The molecule has 0 atom stereocenters. The summed E-state index contributed by atoms with van der Waals surface area (Å²) in [6, 6.07) is 1.36. The van der Waals surface area contributed by atoms with Crippen molar-refractivity contribution in [2.45, 2.75) is 6.92 Å². The van der Waals surface area contributed by atoms with Crippen LogP contribution in [0.5, 0.6) is 11.5 Å². The third-order valence-corrected chi connectivity index (χ3v) is 3.84. The van der Waals surface area contributed by atoms with E-state index in [9.17, 15) is 15.0 Å². The predicted molar refractivity (Wildman–Crippen MR) is 64.9 cm³/mol. The van der Waals surface area contributed by atoms with Crippen LogP contribution in [-0.2, 0) is 4.79 Å². The van der Waals surface area contributed by atoms with E-state index in [1.807, 2.05) is 0 Å². The molecule has 0 heterocycles. The lowest BCUT2D eigenvalue weighted by Gasteiger charge is -2.06. The van der Waals surface area contributed by atoms with Crippen molar-refractivity contribution in [1.82, 2.24) is 0 Å². The molecule has 1 aromatic rings. The summed E-state index contributed by atoms with van der Waals surface area (Å²) < 4.78 is 0.931. The summed E-state index contributed by atoms with van der Waals surface area (Å²) >= 11 is 6.35. The summed E-state index contributed by atoms with van der Waals surface area (Å²) in [6.07, 6.45) is 2.93. The molecule has 5 heteroatoms. The maximum atomic E-state index is 10.7. The maximum absolute atomic E-state index is 10.7. The van der Waals surface area contributed by atoms with Gasteiger partial charge in [-0.25, -0.2) is 0 Å². The molecule has 0 bridgehead atoms. The van der Waals surface area contributed by atoms with Crippen molar-refractivity contribution in [1.29, 1.82) is 0 Å². The van der Waals surface area contributed by atoms with E-state index < -0.39 is 0 Å². The molecule has 3 nitrogen and oxygen atoms in total. The average Bonchev–Trinajstić information content (AvgIpc) is 2.18. The first-order valence-corrected chi connectivity index (χ1v) is 5.60. The lowest BCUT2D eigenvalue weighted by Crippen LogP contribution is -1.83. The van der Waals surface area contributed by atoms with Crippen LogP contribution < -0.4 is 0 Å². The molecular weight excluding hydrogens is 328 g/mol. The van der Waals surface area contributed by atoms with Gasteiger partial charge in [0.2, 0.25) is 0 Å². The van der Waals surface area contributed by atoms with Crippen LogP contribution in [0, 0.1) is 0 Å². The highest BCUT2D eigenvalue weighted by atomic mass is 79.9. The van der Waals surface area contributed by atoms with E-state index in [0.717, 1.165) is 0 Å². The largest absolute Gasteiger partial charge is 0.504 e. The van der Waals surface area contributed by atoms with Gasteiger partial charge in [0.25, 0.3) is 0 Å². The van der Waals surface area contributed by atoms with Crippen LogP contribution in [0.2, 0.25) is 0 Å². The second kappa shape index (κ2) is 4.81. The summed E-state index contributed by atoms with van der Waals surface area (Å²) in [5.74, 6) is -0.569. The lowest BCUT2D eigenvalue weighted by atomic mass is 10.2. The van der Waals surface area contributed by atoms with Gasteiger partial charge in [-0.2, -0.15) is 0 Å². The number of carbonyl (C=O) groups is 1. The Hall–Kier alpha value is -0.810. The molecule has 80 valence electrons. The molecule has 0 spiro atoms. The fourth-order valence-corrected chi connectivity index (χ4v) is 1.82. The minimum absolute atomic E-state index is 0.0920. The molecule has 0 aliphatic heterocycles. The summed E-state index contributed by atoms with van der Waals surface area (Å²) in [5.41, 5.74) is 0.604. The molecular formula is C10H8Br2O3. The Labute approximate surface area is 104 Å². The molecule has 0 aliphatic rings. The number of benzene rings is 1. The number of hydrogen-bond acceptors (Lipinski definition) is 3. The van der Waals surface area contributed by atoms with Crippen LogP contribution in [-0.4, -0.2) is 16.0 Å². The van der Waals surface area contributed by atoms with Gasteiger partial charge in [-0.3, -0.25) is 4.79 Å². The Bertz CT molecular complexity index is 439. The molecule has 1 aromatic carbocycles. The molecule has 0 aliphatic carbocycles. The summed E-state index contributed by atoms with van der Waals surface area (Å²) in [6.45, 7) is 1.43. The number of ketones is 1. The van der Waals surface area contributed by atoms with Crippen molar-refractivity contribution >= 4 is 43.7 Å². The third kappa shape index (κ3) is 2.82. The normalized spacial score (nSPS) is 10.9. The fourth-order valence-electron chi connectivity index (χ4n) is 0.951. The standard InChI is InChI=1S/C10H8Br2O3/c1-5(13)2-3-6-4-7(14)10(15)9(12)8(6)11/h2-4,14-15H,1H3/b3-2+. The van der Waals surface area contributed by atoms with Crippen LogP contribution in [0.4, 0.5) is 0 Å². The van der Waals surface area contributed by atoms with Crippen LogP contribution in [0.1, 0.15) is 12.5 Å². The molecule has 0 saturated carbocycles. The van der Waals surface area contributed by atoms with Crippen LogP contribution in [0.25, 0.3) is 6.08 Å². The van der Waals surface area contributed by atoms with Gasteiger partial charge in [-0.1, -0.05) is 6.08 Å². The topological polar surface area (TPSA) is 57.5 Å². The second-order valence-electron chi connectivity index (χ2n) is 2.91. The van der Waals surface area contributed by atoms with Crippen molar-refractivity contribution < 1.29 is 15.0 Å². The van der Waals surface area contributed by atoms with Crippen LogP contribution >= 0.6 is 31.9 Å². The van der Waals surface area contributed by atoms with Gasteiger partial charge in [0.1, 0.15) is 0 Å². The first-order valence-electron chi connectivity index (χ1n) is 4.02. The molecule has 2 N–H and O–H groups in total. The van der Waals surface area contributed by atoms with Crippen molar-refractivity contribution in [3.63, 3.8) is 0 Å². The van der Waals surface area contributed by atoms with Gasteiger partial charge in [-0.05, 0) is 56.5 Å². The Morgan fingerprint density at radius 3 is 2.47 bits per heavy atom. The Morgan fingerprint density at radius 1 is 1.33 bits per heavy atom. The van der Waals surface area contributed by atoms with Crippen LogP contribution in [0.15, 0.2) is 21.1 Å². The molecule has 0 radical (unpaired) electrons. The van der Waals surface area contributed by atoms with Crippen molar-refractivity contribution in [3.05, 3.63) is 26.7 Å². The highest BCUT2D eigenvalue weighted by molar-refractivity contribution is 9.13. The molecule has 15 heavy (non-hydrogen) atoms. The number of rotatable bonds is 2. The zero-order chi connectivity index (χ0) is 11.6. The number of phenols is 2. The number of aromatic hydroxyl groups is 2. The highest BCUT2D eigenvalue weighted by Gasteiger charge is 2.11. The van der Waals surface area contributed by atoms with Gasteiger partial charge in [-0.15, -0.1) is 0 Å². The van der Waals surface area contributed by atoms with Crippen molar-refractivity contribution in [2.24, 2.45) is 0 Å². The lowest BCUT2D eigenvalue weighted by molar-refractivity contribution is -0.112. The Balaban J connectivity index is 3.26. The van der Waals surface area contributed by atoms with E-state index in [1.165, 1.54) is 19.1 Å². The quantitative estimate of drug-likeness (QED) is 0.644. The van der Waals surface area contributed by atoms with E-state index in [4.69, 9.17) is 0 Å². The zero-order valence-electron chi connectivity index (χ0n) is 7.79. The van der Waals surface area contributed by atoms with E-state index in [-0.39, 0.29) is 17.3 Å². The number of hydrogen-bond donors (Lipinski definition) is 2. The molecule has 0 amide bonds. The van der Waals surface area contributed by atoms with E-state index in [2.05, 4.69) is 31.9 Å². The number of allylic oxidation sites excluding steroid dienone is 1.